The molecule has 0 aliphatic carbocycles. The molecule has 3 aromatic heterocycles. The average molecular weight is 365 g/mol. The molecule has 8 heteroatoms. The molecule has 0 saturated carbocycles. The molecule has 0 unspecified atom stereocenters. The zero-order chi connectivity index (χ0) is 19.5. The van der Waals surface area contributed by atoms with Gasteiger partial charge in [-0.2, -0.15) is 0 Å². The smallest absolute Gasteiger partial charge is 0.332 e. The summed E-state index contributed by atoms with van der Waals surface area (Å²) >= 11 is 0. The molecule has 1 aromatic carbocycles. The standard InChI is InChI=1S/C19H19N5O3/c1-10-14(12-7-5-6-8-13(12)21-10)16(25)11(2)24-9-20-17-15(24)18(26)23(4)19(27)22(17)3/h5-9,11,21H,1-4H3/t11-/m1/s1. The van der Waals surface area contributed by atoms with E-state index in [1.807, 2.05) is 31.2 Å². The van der Waals surface area contributed by atoms with Gasteiger partial charge in [0.05, 0.1) is 12.4 Å². The fraction of sp³-hybridized carbons (Fsp3) is 0.263. The second-order valence-corrected chi connectivity index (χ2v) is 6.74. The molecule has 0 aliphatic heterocycles. The Kier molecular flexibility index (Phi) is 3.66. The second kappa shape index (κ2) is 5.80. The number of aryl methyl sites for hydroxylation is 2. The molecule has 0 radical (unpaired) electrons. The number of aromatic amines is 1. The summed E-state index contributed by atoms with van der Waals surface area (Å²) in [5, 5.41) is 0.844. The maximum Gasteiger partial charge on any atom is 0.332 e. The van der Waals surface area contributed by atoms with Gasteiger partial charge in [0.15, 0.2) is 16.9 Å². The van der Waals surface area contributed by atoms with Crippen molar-refractivity contribution >= 4 is 27.9 Å². The molecule has 138 valence electrons. The Bertz CT molecular complexity index is 1340. The largest absolute Gasteiger partial charge is 0.358 e. The third kappa shape index (κ3) is 2.29. The number of carbonyl (C=O) groups excluding carboxylic acids is 1. The Balaban J connectivity index is 1.92. The topological polar surface area (TPSA) is 94.7 Å². The van der Waals surface area contributed by atoms with E-state index in [2.05, 4.69) is 9.97 Å². The summed E-state index contributed by atoms with van der Waals surface area (Å²) in [6, 6.07) is 6.95. The maximum absolute atomic E-state index is 13.3. The Labute approximate surface area is 153 Å². The van der Waals surface area contributed by atoms with Gasteiger partial charge in [-0.15, -0.1) is 0 Å². The van der Waals surface area contributed by atoms with Gasteiger partial charge in [-0.1, -0.05) is 18.2 Å². The Morgan fingerprint density at radius 3 is 2.59 bits per heavy atom. The van der Waals surface area contributed by atoms with Crippen molar-refractivity contribution in [3.8, 4) is 0 Å². The molecule has 4 aromatic rings. The van der Waals surface area contributed by atoms with E-state index in [1.165, 1.54) is 17.9 Å². The van der Waals surface area contributed by atoms with E-state index in [0.29, 0.717) is 5.56 Å². The number of fused-ring (bicyclic) bond motifs is 2. The molecule has 1 N–H and O–H groups in total. The number of rotatable bonds is 3. The van der Waals surface area contributed by atoms with E-state index < -0.39 is 17.3 Å². The van der Waals surface area contributed by atoms with Crippen molar-refractivity contribution in [2.75, 3.05) is 0 Å². The number of hydrogen-bond acceptors (Lipinski definition) is 4. The number of ketones is 1. The highest BCUT2D eigenvalue weighted by Crippen LogP contribution is 2.27. The number of Topliss-reactive ketones (excluding diaryl/α,β-unsaturated/α-hetero) is 1. The lowest BCUT2D eigenvalue weighted by Crippen LogP contribution is -2.38. The van der Waals surface area contributed by atoms with E-state index in [1.54, 1.807) is 18.5 Å². The van der Waals surface area contributed by atoms with E-state index in [0.717, 1.165) is 21.2 Å². The van der Waals surface area contributed by atoms with Crippen LogP contribution in [-0.4, -0.2) is 29.5 Å². The SMILES string of the molecule is Cc1[nH]c2ccccc2c1C(=O)[C@@H](C)n1cnc2c1c(=O)n(C)c(=O)n2C. The molecule has 0 spiro atoms. The third-order valence-corrected chi connectivity index (χ3v) is 5.11. The van der Waals surface area contributed by atoms with E-state index >= 15 is 0 Å². The number of nitrogens with one attached hydrogen (secondary N) is 1. The summed E-state index contributed by atoms with van der Waals surface area (Å²) in [5.74, 6) is -0.125. The predicted molar refractivity (Wildman–Crippen MR) is 102 cm³/mol. The minimum absolute atomic E-state index is 0.125. The molecule has 3 heterocycles. The summed E-state index contributed by atoms with van der Waals surface area (Å²) in [6.07, 6.45) is 1.44. The minimum Gasteiger partial charge on any atom is -0.358 e. The number of aromatic nitrogens is 5. The van der Waals surface area contributed by atoms with Crippen LogP contribution in [0.15, 0.2) is 40.2 Å². The molecule has 0 fully saturated rings. The van der Waals surface area contributed by atoms with Crippen LogP contribution < -0.4 is 11.2 Å². The van der Waals surface area contributed by atoms with Gasteiger partial charge in [-0.25, -0.2) is 9.78 Å². The van der Waals surface area contributed by atoms with Gasteiger partial charge >= 0.3 is 5.69 Å². The first-order chi connectivity index (χ1) is 12.8. The fourth-order valence-corrected chi connectivity index (χ4v) is 3.59. The summed E-state index contributed by atoms with van der Waals surface area (Å²) < 4.78 is 3.87. The number of hydrogen-bond donors (Lipinski definition) is 1. The van der Waals surface area contributed by atoms with Crippen molar-refractivity contribution in [3.63, 3.8) is 0 Å². The summed E-state index contributed by atoms with van der Waals surface area (Å²) in [6.45, 7) is 3.59. The monoisotopic (exact) mass is 365 g/mol. The Morgan fingerprint density at radius 1 is 1.15 bits per heavy atom. The lowest BCUT2D eigenvalue weighted by molar-refractivity contribution is 0.0938. The molecule has 27 heavy (non-hydrogen) atoms. The molecule has 0 bridgehead atoms. The number of H-pyrrole nitrogens is 1. The van der Waals surface area contributed by atoms with Gasteiger partial charge in [0.1, 0.15) is 0 Å². The van der Waals surface area contributed by atoms with Crippen LogP contribution in [0.2, 0.25) is 0 Å². The lowest BCUT2D eigenvalue weighted by atomic mass is 10.0. The number of imidazole rings is 1. The van der Waals surface area contributed by atoms with E-state index in [-0.39, 0.29) is 16.9 Å². The summed E-state index contributed by atoms with van der Waals surface area (Å²) in [5.41, 5.74) is 1.83. The third-order valence-electron chi connectivity index (χ3n) is 5.11. The van der Waals surface area contributed by atoms with Crippen LogP contribution in [-0.2, 0) is 14.1 Å². The number of para-hydroxylation sites is 1. The van der Waals surface area contributed by atoms with Crippen molar-refractivity contribution in [3.05, 3.63) is 62.7 Å². The van der Waals surface area contributed by atoms with Gasteiger partial charge in [0.2, 0.25) is 0 Å². The van der Waals surface area contributed by atoms with Gasteiger partial charge in [-0.05, 0) is 19.9 Å². The van der Waals surface area contributed by atoms with Crippen LogP contribution in [0, 0.1) is 6.92 Å². The van der Waals surface area contributed by atoms with Crippen molar-refractivity contribution in [1.29, 1.82) is 0 Å². The normalized spacial score (nSPS) is 12.7. The zero-order valence-electron chi connectivity index (χ0n) is 15.5. The van der Waals surface area contributed by atoms with E-state index in [4.69, 9.17) is 0 Å². The molecule has 4 rings (SSSR count). The highest BCUT2D eigenvalue weighted by molar-refractivity contribution is 6.11. The predicted octanol–water partition coefficient (Wildman–Crippen LogP) is 1.67. The number of benzene rings is 1. The van der Waals surface area contributed by atoms with Crippen molar-refractivity contribution in [1.82, 2.24) is 23.7 Å². The molecule has 8 nitrogen and oxygen atoms in total. The van der Waals surface area contributed by atoms with Crippen LogP contribution in [0.5, 0.6) is 0 Å². The quantitative estimate of drug-likeness (QED) is 0.559. The van der Waals surface area contributed by atoms with Gasteiger partial charge in [-0.3, -0.25) is 18.7 Å². The van der Waals surface area contributed by atoms with Crippen LogP contribution in [0.4, 0.5) is 0 Å². The zero-order valence-corrected chi connectivity index (χ0v) is 15.5. The van der Waals surface area contributed by atoms with Crippen molar-refractivity contribution in [2.45, 2.75) is 19.9 Å². The molecule has 0 amide bonds. The Hall–Kier alpha value is -3.42. The van der Waals surface area contributed by atoms with Crippen LogP contribution in [0.3, 0.4) is 0 Å². The summed E-state index contributed by atoms with van der Waals surface area (Å²) in [7, 11) is 2.97. The first-order valence-electron chi connectivity index (χ1n) is 8.57. The first kappa shape index (κ1) is 17.0. The van der Waals surface area contributed by atoms with Crippen molar-refractivity contribution < 1.29 is 4.79 Å². The van der Waals surface area contributed by atoms with E-state index in [9.17, 15) is 14.4 Å². The van der Waals surface area contributed by atoms with Gasteiger partial charge in [0.25, 0.3) is 5.56 Å². The highest BCUT2D eigenvalue weighted by Gasteiger charge is 2.25. The Morgan fingerprint density at radius 2 is 1.85 bits per heavy atom. The maximum atomic E-state index is 13.3. The number of carbonyl (C=O) groups is 1. The van der Waals surface area contributed by atoms with Crippen LogP contribution >= 0.6 is 0 Å². The summed E-state index contributed by atoms with van der Waals surface area (Å²) in [4.78, 5) is 45.5. The number of nitrogens with zero attached hydrogens (tertiary/aromatic N) is 4. The minimum atomic E-state index is -0.655. The molecular formula is C19H19N5O3. The highest BCUT2D eigenvalue weighted by atomic mass is 16.2. The van der Waals surface area contributed by atoms with Crippen LogP contribution in [0.1, 0.15) is 29.0 Å². The lowest BCUT2D eigenvalue weighted by Gasteiger charge is -2.14. The molecule has 0 saturated heterocycles. The first-order valence-corrected chi connectivity index (χ1v) is 8.57. The van der Waals surface area contributed by atoms with Crippen LogP contribution in [0.25, 0.3) is 22.1 Å². The molecule has 1 atom stereocenters. The van der Waals surface area contributed by atoms with Crippen molar-refractivity contribution in [2.24, 2.45) is 14.1 Å². The average Bonchev–Trinajstić information content (AvgIpc) is 3.24. The van der Waals surface area contributed by atoms with Gasteiger partial charge in [0, 0.05) is 36.3 Å². The fourth-order valence-electron chi connectivity index (χ4n) is 3.59. The molecule has 0 aliphatic rings. The molecular weight excluding hydrogens is 346 g/mol. The second-order valence-electron chi connectivity index (χ2n) is 6.74. The van der Waals surface area contributed by atoms with Gasteiger partial charge < -0.3 is 9.55 Å².